The van der Waals surface area contributed by atoms with Gasteiger partial charge in [-0.3, -0.25) is 15.1 Å². The van der Waals surface area contributed by atoms with Crippen molar-refractivity contribution < 1.29 is 40.7 Å². The molecule has 3 rings (SSSR count). The predicted octanol–water partition coefficient (Wildman–Crippen LogP) is 4.65. The molecule has 0 saturated heterocycles. The van der Waals surface area contributed by atoms with Crippen molar-refractivity contribution in [3.8, 4) is 5.75 Å². The van der Waals surface area contributed by atoms with Gasteiger partial charge in [-0.1, -0.05) is 0 Å². The largest absolute Gasteiger partial charge is 0.486 e. The molecule has 7 nitrogen and oxygen atoms in total. The van der Waals surface area contributed by atoms with Gasteiger partial charge in [-0.25, -0.2) is 0 Å². The molecule has 0 radical (unpaired) electrons. The van der Waals surface area contributed by atoms with Crippen LogP contribution in [0.1, 0.15) is 5.56 Å². The molecule has 0 fully saturated rings. The number of nitro benzene ring substituents is 1. The maximum Gasteiger partial charge on any atom is 0.445 e. The van der Waals surface area contributed by atoms with E-state index in [1.807, 2.05) is 0 Å². The van der Waals surface area contributed by atoms with Crippen molar-refractivity contribution >= 4 is 11.4 Å². The summed E-state index contributed by atoms with van der Waals surface area (Å²) in [6.07, 6.45) is -9.14. The summed E-state index contributed by atoms with van der Waals surface area (Å²) in [5.74, 6) is -0.0211. The van der Waals surface area contributed by atoms with E-state index in [2.05, 4.69) is 4.98 Å². The Balaban J connectivity index is 1.94. The first-order valence-corrected chi connectivity index (χ1v) is 8.07. The monoisotopic (exact) mass is 435 g/mol. The van der Waals surface area contributed by atoms with E-state index in [0.717, 1.165) is 12.3 Å². The van der Waals surface area contributed by atoms with Crippen LogP contribution in [0.25, 0.3) is 0 Å². The van der Waals surface area contributed by atoms with E-state index in [9.17, 15) is 36.5 Å². The Bertz CT molecular complexity index is 962. The summed E-state index contributed by atoms with van der Waals surface area (Å²) in [6, 6.07) is 4.42. The Labute approximate surface area is 164 Å². The first-order chi connectivity index (χ1) is 14.0. The lowest BCUT2D eigenvalue weighted by molar-refractivity contribution is -0.388. The molecule has 13 heteroatoms. The highest BCUT2D eigenvalue weighted by Crippen LogP contribution is 2.41. The van der Waals surface area contributed by atoms with Gasteiger partial charge in [-0.15, -0.1) is 0 Å². The molecule has 1 unspecified atom stereocenters. The van der Waals surface area contributed by atoms with Crippen molar-refractivity contribution in [2.45, 2.75) is 18.6 Å². The topological polar surface area (TPSA) is 77.7 Å². The van der Waals surface area contributed by atoms with E-state index >= 15 is 0 Å². The quantitative estimate of drug-likeness (QED) is 0.387. The summed E-state index contributed by atoms with van der Waals surface area (Å²) in [5.41, 5.74) is -3.55. The third-order valence-electron chi connectivity index (χ3n) is 3.89. The summed E-state index contributed by atoms with van der Waals surface area (Å²) in [6.45, 7) is -0.438. The highest BCUT2D eigenvalue weighted by atomic mass is 19.4. The van der Waals surface area contributed by atoms with Crippen LogP contribution in [-0.4, -0.2) is 28.9 Å². The smallest absolute Gasteiger partial charge is 0.445 e. The van der Waals surface area contributed by atoms with Gasteiger partial charge < -0.3 is 14.4 Å². The Hall–Kier alpha value is -3.51. The third kappa shape index (κ3) is 4.55. The summed E-state index contributed by atoms with van der Waals surface area (Å²) < 4.78 is 89.8. The summed E-state index contributed by atoms with van der Waals surface area (Å²) in [7, 11) is 0. The molecule has 0 spiro atoms. The number of nitro groups is 1. The molecular weight excluding hydrogens is 424 g/mol. The van der Waals surface area contributed by atoms with E-state index in [0.29, 0.717) is 11.0 Å². The van der Waals surface area contributed by atoms with Gasteiger partial charge in [0.15, 0.2) is 5.76 Å². The summed E-state index contributed by atoms with van der Waals surface area (Å²) >= 11 is 0. The third-order valence-corrected chi connectivity index (χ3v) is 3.89. The molecule has 2 heterocycles. The molecular formula is C17H11F6N3O4. The minimum atomic E-state index is -5.15. The Morgan fingerprint density at radius 1 is 1.13 bits per heavy atom. The molecule has 0 bridgehead atoms. The standard InChI is InChI=1S/C17H11F6N3O4/c18-16(19,20)13-7-10(1-2-14(13)26(27)28)25-8-12(30-15(25)17(21,22)23)9-29-11-3-5-24-6-4-11/h1-8,15H,9H2. The van der Waals surface area contributed by atoms with Crippen molar-refractivity contribution in [2.24, 2.45) is 0 Å². The number of aromatic nitrogens is 1. The fraction of sp³-hybridized carbons (Fsp3) is 0.235. The molecule has 2 aromatic rings. The molecule has 0 N–H and O–H groups in total. The number of pyridine rings is 1. The second-order valence-corrected chi connectivity index (χ2v) is 5.94. The molecule has 1 aliphatic heterocycles. The number of ether oxygens (including phenoxy) is 2. The van der Waals surface area contributed by atoms with Gasteiger partial charge in [0.2, 0.25) is 0 Å². The van der Waals surface area contributed by atoms with Gasteiger partial charge in [-0.2, -0.15) is 26.3 Å². The van der Waals surface area contributed by atoms with Crippen molar-refractivity contribution in [3.05, 3.63) is 70.4 Å². The lowest BCUT2D eigenvalue weighted by Crippen LogP contribution is -2.41. The minimum Gasteiger partial charge on any atom is -0.486 e. The zero-order chi connectivity index (χ0) is 22.1. The average molecular weight is 435 g/mol. The van der Waals surface area contributed by atoms with E-state index in [-0.39, 0.29) is 17.6 Å². The molecule has 0 amide bonds. The number of anilines is 1. The number of alkyl halides is 6. The second-order valence-electron chi connectivity index (χ2n) is 5.94. The van der Waals surface area contributed by atoms with Crippen LogP contribution in [0.15, 0.2) is 54.7 Å². The lowest BCUT2D eigenvalue weighted by atomic mass is 10.1. The fourth-order valence-electron chi connectivity index (χ4n) is 2.62. The van der Waals surface area contributed by atoms with Gasteiger partial charge in [0.25, 0.3) is 11.9 Å². The molecule has 1 aromatic carbocycles. The van der Waals surface area contributed by atoms with E-state index in [1.165, 1.54) is 24.5 Å². The molecule has 0 saturated carbocycles. The minimum absolute atomic E-state index is 0.267. The molecule has 30 heavy (non-hydrogen) atoms. The van der Waals surface area contributed by atoms with Crippen molar-refractivity contribution in [1.29, 1.82) is 0 Å². The van der Waals surface area contributed by atoms with Crippen LogP contribution in [0.2, 0.25) is 0 Å². The van der Waals surface area contributed by atoms with Gasteiger partial charge in [0, 0.05) is 30.3 Å². The van der Waals surface area contributed by atoms with Gasteiger partial charge in [-0.05, 0) is 24.3 Å². The maximum absolute atomic E-state index is 13.4. The van der Waals surface area contributed by atoms with Crippen molar-refractivity contribution in [3.63, 3.8) is 0 Å². The highest BCUT2D eigenvalue weighted by Gasteiger charge is 2.50. The molecule has 1 aliphatic rings. The second kappa shape index (κ2) is 7.72. The Morgan fingerprint density at radius 2 is 1.80 bits per heavy atom. The average Bonchev–Trinajstić information content (AvgIpc) is 3.11. The van der Waals surface area contributed by atoms with Crippen molar-refractivity contribution in [2.75, 3.05) is 11.5 Å². The number of hydrogen-bond acceptors (Lipinski definition) is 6. The lowest BCUT2D eigenvalue weighted by Gasteiger charge is -2.26. The van der Waals surface area contributed by atoms with E-state index in [4.69, 9.17) is 9.47 Å². The number of benzene rings is 1. The SMILES string of the molecule is O=[N+]([O-])c1ccc(N2C=C(COc3ccncc3)OC2C(F)(F)F)cc1C(F)(F)F. The molecule has 160 valence electrons. The van der Waals surface area contributed by atoms with Crippen LogP contribution >= 0.6 is 0 Å². The molecule has 0 aliphatic carbocycles. The summed E-state index contributed by atoms with van der Waals surface area (Å²) in [4.78, 5) is 13.7. The zero-order valence-electron chi connectivity index (χ0n) is 14.6. The Kier molecular flexibility index (Phi) is 5.46. The molecule has 1 aromatic heterocycles. The number of hydrogen-bond donors (Lipinski definition) is 0. The predicted molar refractivity (Wildman–Crippen MR) is 89.3 cm³/mol. The number of halogens is 6. The van der Waals surface area contributed by atoms with Crippen molar-refractivity contribution in [1.82, 2.24) is 4.98 Å². The number of nitrogens with zero attached hydrogens (tertiary/aromatic N) is 3. The zero-order valence-corrected chi connectivity index (χ0v) is 14.6. The van der Waals surface area contributed by atoms with Crippen LogP contribution in [0.5, 0.6) is 5.75 Å². The molecule has 1 atom stereocenters. The first-order valence-electron chi connectivity index (χ1n) is 8.07. The van der Waals surface area contributed by atoms with Gasteiger partial charge in [0.1, 0.15) is 17.9 Å². The Morgan fingerprint density at radius 3 is 2.37 bits per heavy atom. The fourth-order valence-corrected chi connectivity index (χ4v) is 2.62. The highest BCUT2D eigenvalue weighted by molar-refractivity contribution is 5.59. The van der Waals surface area contributed by atoms with Crippen LogP contribution in [0.4, 0.5) is 37.7 Å². The van der Waals surface area contributed by atoms with E-state index < -0.39 is 47.0 Å². The van der Waals surface area contributed by atoms with Crippen LogP contribution in [0.3, 0.4) is 0 Å². The van der Waals surface area contributed by atoms with Gasteiger partial charge in [0.05, 0.1) is 4.92 Å². The van der Waals surface area contributed by atoms with Crippen LogP contribution in [0, 0.1) is 10.1 Å². The number of rotatable bonds is 5. The summed E-state index contributed by atoms with van der Waals surface area (Å²) in [5, 5.41) is 10.9. The van der Waals surface area contributed by atoms with Gasteiger partial charge >= 0.3 is 12.4 Å². The van der Waals surface area contributed by atoms with Crippen LogP contribution < -0.4 is 9.64 Å². The first kappa shape index (κ1) is 21.2. The normalized spacial score (nSPS) is 16.8. The van der Waals surface area contributed by atoms with Crippen LogP contribution in [-0.2, 0) is 10.9 Å². The maximum atomic E-state index is 13.4. The van der Waals surface area contributed by atoms with E-state index in [1.54, 1.807) is 0 Å².